The van der Waals surface area contributed by atoms with Crippen molar-refractivity contribution in [2.75, 3.05) is 13.2 Å². The van der Waals surface area contributed by atoms with Crippen LogP contribution in [0.4, 0.5) is 4.79 Å². The van der Waals surface area contributed by atoms with Crippen molar-refractivity contribution in [2.24, 2.45) is 0 Å². The van der Waals surface area contributed by atoms with Gasteiger partial charge in [0.2, 0.25) is 5.91 Å². The predicted octanol–water partition coefficient (Wildman–Crippen LogP) is 1.65. The monoisotopic (exact) mass is 257 g/mol. The third kappa shape index (κ3) is 4.68. The molecule has 1 fully saturated rings. The van der Waals surface area contributed by atoms with Crippen molar-refractivity contribution in [3.05, 3.63) is 0 Å². The topological polar surface area (TPSA) is 63.7 Å². The lowest BCUT2D eigenvalue weighted by atomic mass is 10.1. The summed E-state index contributed by atoms with van der Waals surface area (Å²) in [5.41, 5.74) is 0. The van der Waals surface area contributed by atoms with Gasteiger partial charge in [0.15, 0.2) is 0 Å². The highest BCUT2D eigenvalue weighted by molar-refractivity contribution is 6.76. The summed E-state index contributed by atoms with van der Waals surface area (Å²) in [5, 5.41) is 0. The Labute approximate surface area is 102 Å². The lowest BCUT2D eigenvalue weighted by molar-refractivity contribution is -0.137. The van der Waals surface area contributed by atoms with E-state index >= 15 is 0 Å². The first-order valence-electron chi connectivity index (χ1n) is 5.78. The zero-order valence-corrected chi connectivity index (χ0v) is 11.6. The highest BCUT2D eigenvalue weighted by Gasteiger charge is 2.29. The molecule has 2 amide bonds. The molecule has 1 aliphatic heterocycles. The smallest absolute Gasteiger partial charge is 0.416 e. The van der Waals surface area contributed by atoms with Gasteiger partial charge in [-0.2, -0.15) is 0 Å². The number of ketones is 1. The first kappa shape index (κ1) is 13.9. The second-order valence-electron chi connectivity index (χ2n) is 5.44. The molecule has 1 aliphatic rings. The molecule has 0 spiro atoms. The van der Waals surface area contributed by atoms with E-state index in [1.54, 1.807) is 0 Å². The lowest BCUT2D eigenvalue weighted by Crippen LogP contribution is -2.43. The van der Waals surface area contributed by atoms with Gasteiger partial charge in [0.05, 0.1) is 13.0 Å². The van der Waals surface area contributed by atoms with E-state index in [4.69, 9.17) is 4.74 Å². The molecule has 17 heavy (non-hydrogen) atoms. The van der Waals surface area contributed by atoms with E-state index < -0.39 is 20.1 Å². The fourth-order valence-electron chi connectivity index (χ4n) is 1.43. The van der Waals surface area contributed by atoms with Crippen LogP contribution in [0.15, 0.2) is 0 Å². The molecule has 0 saturated carbocycles. The molecular weight excluding hydrogens is 238 g/mol. The van der Waals surface area contributed by atoms with Gasteiger partial charge >= 0.3 is 6.09 Å². The molecule has 0 aliphatic carbocycles. The van der Waals surface area contributed by atoms with Gasteiger partial charge < -0.3 is 4.74 Å². The number of rotatable bonds is 3. The molecule has 0 bridgehead atoms. The van der Waals surface area contributed by atoms with Crippen molar-refractivity contribution in [1.29, 1.82) is 0 Å². The Bertz CT molecular complexity index is 335. The van der Waals surface area contributed by atoms with Crippen LogP contribution in [-0.2, 0) is 14.3 Å². The number of hydrogen-bond donors (Lipinski definition) is 0. The molecule has 1 saturated heterocycles. The number of nitrogens with zero attached hydrogens (tertiary/aromatic N) is 1. The standard InChI is InChI=1S/C11H19NO4Si/c1-17(2,3)7-6-16-11(15)12-5-4-9(13)8-10(12)14/h4-8H2,1-3H3. The van der Waals surface area contributed by atoms with Gasteiger partial charge in [0.25, 0.3) is 0 Å². The van der Waals surface area contributed by atoms with Crippen molar-refractivity contribution in [1.82, 2.24) is 4.90 Å². The van der Waals surface area contributed by atoms with Crippen LogP contribution >= 0.6 is 0 Å². The van der Waals surface area contributed by atoms with Gasteiger partial charge in [-0.15, -0.1) is 0 Å². The SMILES string of the molecule is C[Si](C)(C)CCOC(=O)N1CCC(=O)CC1=O. The maximum Gasteiger partial charge on any atom is 0.416 e. The van der Waals surface area contributed by atoms with E-state index in [0.29, 0.717) is 6.61 Å². The molecule has 0 unspecified atom stereocenters. The highest BCUT2D eigenvalue weighted by Crippen LogP contribution is 2.11. The normalized spacial score (nSPS) is 17.2. The van der Waals surface area contributed by atoms with Gasteiger partial charge in [-0.05, 0) is 6.04 Å². The Morgan fingerprint density at radius 2 is 2.00 bits per heavy atom. The summed E-state index contributed by atoms with van der Waals surface area (Å²) in [5.74, 6) is -0.555. The van der Waals surface area contributed by atoms with Gasteiger partial charge in [-0.3, -0.25) is 9.59 Å². The predicted molar refractivity (Wildman–Crippen MR) is 65.5 cm³/mol. The number of imide groups is 1. The molecule has 0 aromatic rings. The average Bonchev–Trinajstić information content (AvgIpc) is 2.15. The maximum absolute atomic E-state index is 11.6. The van der Waals surface area contributed by atoms with Crippen LogP contribution in [0.2, 0.25) is 25.7 Å². The molecule has 1 rings (SSSR count). The van der Waals surface area contributed by atoms with Crippen LogP contribution in [0.3, 0.4) is 0 Å². The molecule has 0 aromatic heterocycles. The Balaban J connectivity index is 2.38. The van der Waals surface area contributed by atoms with Crippen LogP contribution < -0.4 is 0 Å². The van der Waals surface area contributed by atoms with E-state index in [1.807, 2.05) is 0 Å². The second kappa shape index (κ2) is 5.44. The third-order valence-electron chi connectivity index (χ3n) is 2.56. The maximum atomic E-state index is 11.6. The average molecular weight is 257 g/mol. The molecule has 0 atom stereocenters. The number of carbonyl (C=O) groups excluding carboxylic acids is 3. The molecule has 0 N–H and O–H groups in total. The highest BCUT2D eigenvalue weighted by atomic mass is 28.3. The van der Waals surface area contributed by atoms with E-state index in [-0.39, 0.29) is 25.2 Å². The zero-order chi connectivity index (χ0) is 13.1. The van der Waals surface area contributed by atoms with Crippen LogP contribution in [0.5, 0.6) is 0 Å². The summed E-state index contributed by atoms with van der Waals surface area (Å²) in [6.07, 6.45) is -0.543. The third-order valence-corrected chi connectivity index (χ3v) is 4.27. The second-order valence-corrected chi connectivity index (χ2v) is 11.1. The van der Waals surface area contributed by atoms with Crippen molar-refractivity contribution >= 4 is 25.9 Å². The van der Waals surface area contributed by atoms with Gasteiger partial charge in [-0.25, -0.2) is 9.69 Å². The summed E-state index contributed by atoms with van der Waals surface area (Å²) in [7, 11) is -1.24. The molecule has 1 heterocycles. The lowest BCUT2D eigenvalue weighted by Gasteiger charge is -2.24. The number of Topliss-reactive ketones (excluding diaryl/α,β-unsaturated/α-hetero) is 1. The van der Waals surface area contributed by atoms with Crippen LogP contribution in [0, 0.1) is 0 Å². The van der Waals surface area contributed by atoms with E-state index in [1.165, 1.54) is 0 Å². The van der Waals surface area contributed by atoms with Crippen molar-refractivity contribution < 1.29 is 19.1 Å². The molecule has 0 radical (unpaired) electrons. The van der Waals surface area contributed by atoms with Crippen LogP contribution in [0.25, 0.3) is 0 Å². The first-order valence-corrected chi connectivity index (χ1v) is 9.49. The van der Waals surface area contributed by atoms with Crippen molar-refractivity contribution in [2.45, 2.75) is 38.5 Å². The van der Waals surface area contributed by atoms with Crippen molar-refractivity contribution in [3.8, 4) is 0 Å². The minimum absolute atomic E-state index is 0.110. The number of piperidine rings is 1. The Morgan fingerprint density at radius 1 is 1.35 bits per heavy atom. The number of amides is 2. The largest absolute Gasteiger partial charge is 0.449 e. The molecule has 6 heteroatoms. The van der Waals surface area contributed by atoms with Gasteiger partial charge in [0.1, 0.15) is 5.78 Å². The summed E-state index contributed by atoms with van der Waals surface area (Å²) >= 11 is 0. The Morgan fingerprint density at radius 3 is 2.53 bits per heavy atom. The molecule has 0 aromatic carbocycles. The fourth-order valence-corrected chi connectivity index (χ4v) is 2.14. The Hall–Kier alpha value is -1.17. The first-order chi connectivity index (χ1) is 7.79. The van der Waals surface area contributed by atoms with E-state index in [2.05, 4.69) is 19.6 Å². The summed E-state index contributed by atoms with van der Waals surface area (Å²) in [6, 6.07) is 0.875. The van der Waals surface area contributed by atoms with Crippen molar-refractivity contribution in [3.63, 3.8) is 0 Å². The van der Waals surface area contributed by atoms with E-state index in [0.717, 1.165) is 10.9 Å². The number of carbonyl (C=O) groups is 3. The number of ether oxygens (including phenoxy) is 1. The minimum Gasteiger partial charge on any atom is -0.449 e. The minimum atomic E-state index is -1.24. The summed E-state index contributed by atoms with van der Waals surface area (Å²) in [6.45, 7) is 7.07. The van der Waals surface area contributed by atoms with Gasteiger partial charge in [0, 0.05) is 21.0 Å². The summed E-state index contributed by atoms with van der Waals surface area (Å²) < 4.78 is 5.05. The van der Waals surface area contributed by atoms with Crippen LogP contribution in [0.1, 0.15) is 12.8 Å². The van der Waals surface area contributed by atoms with Crippen LogP contribution in [-0.4, -0.2) is 43.9 Å². The van der Waals surface area contributed by atoms with E-state index in [9.17, 15) is 14.4 Å². The number of hydrogen-bond acceptors (Lipinski definition) is 4. The zero-order valence-electron chi connectivity index (χ0n) is 10.6. The quantitative estimate of drug-likeness (QED) is 0.569. The fraction of sp³-hybridized carbons (Fsp3) is 0.727. The molecule has 5 nitrogen and oxygen atoms in total. The summed E-state index contributed by atoms with van der Waals surface area (Å²) in [4.78, 5) is 35.0. The van der Waals surface area contributed by atoms with Gasteiger partial charge in [-0.1, -0.05) is 19.6 Å². The number of likely N-dealkylation sites (tertiary alicyclic amines) is 1. The molecule has 96 valence electrons. The molecular formula is C11H19NO4Si. The Kier molecular flexibility index (Phi) is 4.44.